The molecular weight excluding hydrogens is 581 g/mol. The highest BCUT2D eigenvalue weighted by Crippen LogP contribution is 2.48. The molecule has 5 rings (SSSR count). The maximum atomic E-state index is 13.5. The first kappa shape index (κ1) is 32.6. The Labute approximate surface area is 268 Å². The van der Waals surface area contributed by atoms with Crippen LogP contribution in [0.15, 0.2) is 42.6 Å². The van der Waals surface area contributed by atoms with Gasteiger partial charge in [-0.2, -0.15) is 5.26 Å². The number of rotatable bonds is 8. The van der Waals surface area contributed by atoms with Gasteiger partial charge in [0, 0.05) is 48.1 Å². The number of morpholine rings is 1. The standard InChI is InChI=1S/C35H46N6O3Si/c1-22-19-41(20-23(2)44-22)32(42)27-10-9-11-29(24(27)3)39-33-37-15-12-30(40-33)25-16-26(18-36)31-28(17-25)35(6,21-38-31)14-13-34(4,5)45(7,8)43/h9-12,15-17,22-23,38,43H,13-14,19-21H2,1-8H3,(H,37,39,40)/t22?,23?,35-/m0/s1. The minimum atomic E-state index is -2.35. The molecule has 1 aromatic heterocycles. The Balaban J connectivity index is 1.42. The fraction of sp³-hybridized carbons (Fsp3) is 0.486. The molecule has 1 fully saturated rings. The first-order valence-electron chi connectivity index (χ1n) is 15.8. The Morgan fingerprint density at radius 2 is 1.96 bits per heavy atom. The van der Waals surface area contributed by atoms with E-state index in [4.69, 9.17) is 9.72 Å². The molecular formula is C35H46N6O3Si. The van der Waals surface area contributed by atoms with Crippen LogP contribution in [-0.2, 0) is 10.2 Å². The summed E-state index contributed by atoms with van der Waals surface area (Å²) in [5.74, 6) is 0.394. The van der Waals surface area contributed by atoms with Gasteiger partial charge in [-0.3, -0.25) is 4.79 Å². The number of benzene rings is 2. The minimum Gasteiger partial charge on any atom is -0.432 e. The maximum Gasteiger partial charge on any atom is 0.254 e. The lowest BCUT2D eigenvalue weighted by Gasteiger charge is -2.38. The SMILES string of the molecule is Cc1c(Nc2nccc(-c3cc(C#N)c4c(c3)[C@@](C)(CCC(C)(C)[Si](C)(C)O)CN4)n2)cccc1C(=O)N1CC(C)OC(C)C1. The third kappa shape index (κ3) is 6.62. The fourth-order valence-electron chi connectivity index (χ4n) is 6.26. The number of hydrogen-bond acceptors (Lipinski definition) is 8. The van der Waals surface area contributed by atoms with Crippen LogP contribution in [0.4, 0.5) is 17.3 Å². The van der Waals surface area contributed by atoms with Crippen LogP contribution < -0.4 is 10.6 Å². The van der Waals surface area contributed by atoms with E-state index in [0.29, 0.717) is 35.9 Å². The number of anilines is 3. The van der Waals surface area contributed by atoms with Crippen molar-refractivity contribution in [2.75, 3.05) is 30.3 Å². The number of carbonyl (C=O) groups excluding carboxylic acids is 1. The van der Waals surface area contributed by atoms with Gasteiger partial charge in [-0.15, -0.1) is 0 Å². The van der Waals surface area contributed by atoms with Crippen molar-refractivity contribution >= 4 is 31.5 Å². The molecule has 2 aliphatic rings. The summed E-state index contributed by atoms with van der Waals surface area (Å²) in [5, 5.41) is 16.8. The van der Waals surface area contributed by atoms with Crippen LogP contribution in [0.1, 0.15) is 74.5 Å². The number of carbonyl (C=O) groups is 1. The zero-order valence-corrected chi connectivity index (χ0v) is 28.8. The van der Waals surface area contributed by atoms with Gasteiger partial charge in [-0.25, -0.2) is 9.97 Å². The number of nitrogens with one attached hydrogen (secondary N) is 2. The predicted octanol–water partition coefficient (Wildman–Crippen LogP) is 6.76. The van der Waals surface area contributed by atoms with Gasteiger partial charge < -0.3 is 25.1 Å². The highest BCUT2D eigenvalue weighted by atomic mass is 28.4. The Hall–Kier alpha value is -3.78. The molecule has 3 aromatic rings. The number of nitriles is 1. The second-order valence-electron chi connectivity index (χ2n) is 14.3. The maximum absolute atomic E-state index is 13.5. The number of fused-ring (bicyclic) bond motifs is 1. The first-order chi connectivity index (χ1) is 21.1. The summed E-state index contributed by atoms with van der Waals surface area (Å²) >= 11 is 0. The Bertz CT molecular complexity index is 1640. The summed E-state index contributed by atoms with van der Waals surface area (Å²) in [7, 11) is -2.35. The van der Waals surface area contributed by atoms with Crippen molar-refractivity contribution in [2.24, 2.45) is 0 Å². The van der Waals surface area contributed by atoms with E-state index in [1.165, 1.54) is 0 Å². The van der Waals surface area contributed by atoms with Gasteiger partial charge >= 0.3 is 0 Å². The topological polar surface area (TPSA) is 123 Å². The van der Waals surface area contributed by atoms with Crippen molar-refractivity contribution in [2.45, 2.75) is 90.1 Å². The highest BCUT2D eigenvalue weighted by molar-refractivity contribution is 6.72. The summed E-state index contributed by atoms with van der Waals surface area (Å²) in [6, 6.07) is 13.9. The smallest absolute Gasteiger partial charge is 0.254 e. The molecule has 2 unspecified atom stereocenters. The monoisotopic (exact) mass is 626 g/mol. The lowest BCUT2D eigenvalue weighted by molar-refractivity contribution is -0.0586. The molecule has 0 spiro atoms. The van der Waals surface area contributed by atoms with Crippen LogP contribution in [-0.4, -0.2) is 65.7 Å². The normalized spacial score (nSPS) is 21.6. The molecule has 1 amide bonds. The molecule has 2 aliphatic heterocycles. The number of hydrogen-bond donors (Lipinski definition) is 3. The molecule has 3 heterocycles. The Morgan fingerprint density at radius 1 is 1.24 bits per heavy atom. The van der Waals surface area contributed by atoms with Crippen LogP contribution in [0, 0.1) is 18.3 Å². The van der Waals surface area contributed by atoms with Crippen LogP contribution >= 0.6 is 0 Å². The summed E-state index contributed by atoms with van der Waals surface area (Å²) in [4.78, 5) is 35.5. The number of nitrogens with zero attached hydrogens (tertiary/aromatic N) is 4. The van der Waals surface area contributed by atoms with Crippen molar-refractivity contribution < 1.29 is 14.3 Å². The zero-order chi connectivity index (χ0) is 32.7. The van der Waals surface area contributed by atoms with Gasteiger partial charge in [0.05, 0.1) is 29.2 Å². The molecule has 0 bridgehead atoms. The second kappa shape index (κ2) is 12.2. The number of ether oxygens (including phenoxy) is 1. The largest absolute Gasteiger partial charge is 0.432 e. The van der Waals surface area contributed by atoms with E-state index in [1.54, 1.807) is 6.20 Å². The van der Waals surface area contributed by atoms with Crippen LogP contribution in [0.5, 0.6) is 0 Å². The fourth-order valence-corrected chi connectivity index (χ4v) is 6.99. The minimum absolute atomic E-state index is 0.00828. The number of amides is 1. The van der Waals surface area contributed by atoms with E-state index in [9.17, 15) is 14.9 Å². The van der Waals surface area contributed by atoms with Crippen LogP contribution in [0.3, 0.4) is 0 Å². The third-order valence-corrected chi connectivity index (χ3v) is 13.6. The molecule has 0 radical (unpaired) electrons. The van der Waals surface area contributed by atoms with Gasteiger partial charge in [0.1, 0.15) is 6.07 Å². The van der Waals surface area contributed by atoms with Crippen LogP contribution in [0.25, 0.3) is 11.3 Å². The van der Waals surface area contributed by atoms with E-state index < -0.39 is 8.32 Å². The van der Waals surface area contributed by atoms with Gasteiger partial charge in [0.15, 0.2) is 8.32 Å². The van der Waals surface area contributed by atoms with Crippen molar-refractivity contribution in [3.8, 4) is 17.3 Å². The third-order valence-electron chi connectivity index (χ3n) is 9.99. The molecule has 9 nitrogen and oxygen atoms in total. The Morgan fingerprint density at radius 3 is 2.62 bits per heavy atom. The molecule has 0 aliphatic carbocycles. The second-order valence-corrected chi connectivity index (χ2v) is 18.7. The summed E-state index contributed by atoms with van der Waals surface area (Å²) in [6.45, 7) is 18.3. The highest BCUT2D eigenvalue weighted by Gasteiger charge is 2.42. The lowest BCUT2D eigenvalue weighted by atomic mass is 9.77. The van der Waals surface area contributed by atoms with E-state index >= 15 is 0 Å². The summed E-state index contributed by atoms with van der Waals surface area (Å²) in [6.07, 6.45) is 3.47. The van der Waals surface area contributed by atoms with E-state index in [0.717, 1.165) is 47.5 Å². The molecule has 3 atom stereocenters. The summed E-state index contributed by atoms with van der Waals surface area (Å²) < 4.78 is 5.82. The van der Waals surface area contributed by atoms with Gasteiger partial charge in [-0.1, -0.05) is 26.8 Å². The van der Waals surface area contributed by atoms with Crippen molar-refractivity contribution in [1.82, 2.24) is 14.9 Å². The lowest BCUT2D eigenvalue weighted by Crippen LogP contribution is -2.48. The van der Waals surface area contributed by atoms with Crippen molar-refractivity contribution in [3.05, 3.63) is 64.8 Å². The first-order valence-corrected chi connectivity index (χ1v) is 18.8. The van der Waals surface area contributed by atoms with Gasteiger partial charge in [0.25, 0.3) is 5.91 Å². The van der Waals surface area contributed by atoms with E-state index in [2.05, 4.69) is 48.5 Å². The van der Waals surface area contributed by atoms with Crippen LogP contribution in [0.2, 0.25) is 18.1 Å². The molecule has 45 heavy (non-hydrogen) atoms. The molecule has 10 heteroatoms. The van der Waals surface area contributed by atoms with E-state index in [-0.39, 0.29) is 28.6 Å². The molecule has 238 valence electrons. The molecule has 2 aromatic carbocycles. The predicted molar refractivity (Wildman–Crippen MR) is 181 cm³/mol. The average Bonchev–Trinajstić information content (AvgIpc) is 3.32. The van der Waals surface area contributed by atoms with Gasteiger partial charge in [0.2, 0.25) is 5.95 Å². The molecule has 0 saturated carbocycles. The van der Waals surface area contributed by atoms with Crippen molar-refractivity contribution in [1.29, 1.82) is 5.26 Å². The van der Waals surface area contributed by atoms with Crippen molar-refractivity contribution in [3.63, 3.8) is 0 Å². The summed E-state index contributed by atoms with van der Waals surface area (Å²) in [5.41, 5.74) is 6.15. The van der Waals surface area contributed by atoms with E-state index in [1.807, 2.05) is 69.1 Å². The zero-order valence-electron chi connectivity index (χ0n) is 27.8. The van der Waals surface area contributed by atoms with Gasteiger partial charge in [-0.05, 0) is 93.2 Å². The quantitative estimate of drug-likeness (QED) is 0.235. The molecule has 1 saturated heterocycles. The average molecular weight is 627 g/mol. The molecule has 3 N–H and O–H groups in total. The number of aromatic nitrogens is 2. The Kier molecular flexibility index (Phi) is 8.84.